The maximum absolute atomic E-state index is 13.9. The predicted octanol–water partition coefficient (Wildman–Crippen LogP) is 1.93. The first kappa shape index (κ1) is 20.8. The summed E-state index contributed by atoms with van der Waals surface area (Å²) in [6, 6.07) is 0. The average molecular weight is 333 g/mol. The van der Waals surface area contributed by atoms with Gasteiger partial charge in [-0.05, 0) is 38.3 Å². The van der Waals surface area contributed by atoms with E-state index in [4.69, 9.17) is 9.57 Å². The van der Waals surface area contributed by atoms with Crippen molar-refractivity contribution in [1.82, 2.24) is 15.3 Å². The topological polar surface area (TPSA) is 37.0 Å². The van der Waals surface area contributed by atoms with Crippen molar-refractivity contribution >= 4 is 0 Å². The summed E-state index contributed by atoms with van der Waals surface area (Å²) >= 11 is 0. The molecule has 0 saturated carbocycles. The van der Waals surface area contributed by atoms with Gasteiger partial charge in [0.25, 0.3) is 0 Å². The summed E-state index contributed by atoms with van der Waals surface area (Å²) in [5, 5.41) is 0. The zero-order valence-electron chi connectivity index (χ0n) is 15.4. The second-order valence-corrected chi connectivity index (χ2v) is 6.18. The summed E-state index contributed by atoms with van der Waals surface area (Å²) in [4.78, 5) is 9.89. The number of nitrogens with zero attached hydrogens (tertiary/aromatic N) is 2. The molecule has 0 bridgehead atoms. The largest absolute Gasteiger partial charge is 0.378 e. The lowest BCUT2D eigenvalue weighted by molar-refractivity contribution is -0.0279. The van der Waals surface area contributed by atoms with Crippen LogP contribution in [0.3, 0.4) is 0 Å². The van der Waals surface area contributed by atoms with E-state index in [1.54, 1.807) is 14.2 Å². The molecule has 5 nitrogen and oxygen atoms in total. The molecule has 0 spiro atoms. The Hall–Kier alpha value is -0.270. The van der Waals surface area contributed by atoms with Crippen LogP contribution in [0.5, 0.6) is 0 Å². The Balaban J connectivity index is 0.00000127. The molecule has 2 saturated heterocycles. The quantitative estimate of drug-likeness (QED) is 0.569. The number of likely N-dealkylation sites (tertiary alicyclic amines) is 2. The number of methoxy groups -OCH3 is 1. The number of alkyl halides is 1. The molecule has 2 rings (SSSR count). The highest BCUT2D eigenvalue weighted by atomic mass is 19.1. The molecule has 23 heavy (non-hydrogen) atoms. The van der Waals surface area contributed by atoms with Crippen LogP contribution in [-0.4, -0.2) is 82.1 Å². The van der Waals surface area contributed by atoms with Crippen LogP contribution in [0.2, 0.25) is 0 Å². The van der Waals surface area contributed by atoms with Crippen molar-refractivity contribution in [3.05, 3.63) is 0 Å². The van der Waals surface area contributed by atoms with E-state index in [2.05, 4.69) is 15.3 Å². The molecule has 2 aliphatic rings. The van der Waals surface area contributed by atoms with Gasteiger partial charge in [0.2, 0.25) is 0 Å². The van der Waals surface area contributed by atoms with Crippen LogP contribution in [0, 0.1) is 5.92 Å². The molecule has 138 valence electrons. The second kappa shape index (κ2) is 12.1. The van der Waals surface area contributed by atoms with Crippen LogP contribution in [0.25, 0.3) is 0 Å². The Bertz CT molecular complexity index is 289. The normalized spacial score (nSPS) is 27.5. The third kappa shape index (κ3) is 7.44. The lowest BCUT2D eigenvalue weighted by Gasteiger charge is -2.38. The summed E-state index contributed by atoms with van der Waals surface area (Å²) in [6.07, 6.45) is 2.21. The van der Waals surface area contributed by atoms with Gasteiger partial charge < -0.3 is 14.5 Å². The SMILES string of the molecule is CC.CNOCCN1CCC(CN2CCC(OC)C(F)C2)CC1. The van der Waals surface area contributed by atoms with Gasteiger partial charge in [-0.15, -0.1) is 0 Å². The highest BCUT2D eigenvalue weighted by Crippen LogP contribution is 2.22. The molecular formula is C17H36FN3O2. The molecule has 0 radical (unpaired) electrons. The average Bonchev–Trinajstić information content (AvgIpc) is 2.59. The molecule has 0 aromatic rings. The monoisotopic (exact) mass is 333 g/mol. The first-order valence-corrected chi connectivity index (χ1v) is 9.13. The van der Waals surface area contributed by atoms with Crippen molar-refractivity contribution in [3.8, 4) is 0 Å². The minimum absolute atomic E-state index is 0.199. The van der Waals surface area contributed by atoms with E-state index in [0.717, 1.165) is 45.8 Å². The number of rotatable bonds is 7. The van der Waals surface area contributed by atoms with Gasteiger partial charge in [-0.25, -0.2) is 9.87 Å². The Morgan fingerprint density at radius 1 is 1.09 bits per heavy atom. The zero-order valence-corrected chi connectivity index (χ0v) is 15.4. The Kier molecular flexibility index (Phi) is 11.0. The fourth-order valence-corrected chi connectivity index (χ4v) is 3.41. The number of nitrogens with one attached hydrogen (secondary N) is 1. The van der Waals surface area contributed by atoms with Crippen LogP contribution in [-0.2, 0) is 9.57 Å². The fraction of sp³-hybridized carbons (Fsp3) is 1.00. The summed E-state index contributed by atoms with van der Waals surface area (Å²) < 4.78 is 19.1. The van der Waals surface area contributed by atoms with Crippen LogP contribution in [0.4, 0.5) is 4.39 Å². The van der Waals surface area contributed by atoms with Gasteiger partial charge in [-0.2, -0.15) is 0 Å². The smallest absolute Gasteiger partial charge is 0.139 e. The molecule has 1 N–H and O–H groups in total. The molecule has 2 unspecified atom stereocenters. The first-order valence-electron chi connectivity index (χ1n) is 9.13. The van der Waals surface area contributed by atoms with Gasteiger partial charge in [0.15, 0.2) is 0 Å². The van der Waals surface area contributed by atoms with Crippen LogP contribution >= 0.6 is 0 Å². The number of hydroxylamine groups is 1. The van der Waals surface area contributed by atoms with E-state index in [-0.39, 0.29) is 6.10 Å². The maximum atomic E-state index is 13.9. The van der Waals surface area contributed by atoms with Gasteiger partial charge in [0.1, 0.15) is 6.17 Å². The molecule has 2 aliphatic heterocycles. The number of ether oxygens (including phenoxy) is 1. The zero-order chi connectivity index (χ0) is 17.1. The van der Waals surface area contributed by atoms with Crippen molar-refractivity contribution in [3.63, 3.8) is 0 Å². The standard InChI is InChI=1S/C15H30FN3O2.C2H6/c1-17-21-10-9-18-6-3-13(4-7-18)11-19-8-5-15(20-2)14(16)12-19;1-2/h13-15,17H,3-12H2,1-2H3;1-2H3. The predicted molar refractivity (Wildman–Crippen MR) is 92.3 cm³/mol. The highest BCUT2D eigenvalue weighted by molar-refractivity contribution is 4.83. The number of hydrogen-bond acceptors (Lipinski definition) is 5. The lowest BCUT2D eigenvalue weighted by atomic mass is 9.95. The van der Waals surface area contributed by atoms with Crippen molar-refractivity contribution in [2.24, 2.45) is 5.92 Å². The Morgan fingerprint density at radius 2 is 1.74 bits per heavy atom. The maximum Gasteiger partial charge on any atom is 0.139 e. The molecular weight excluding hydrogens is 297 g/mol. The minimum atomic E-state index is -0.831. The molecule has 0 aromatic carbocycles. The van der Waals surface area contributed by atoms with Crippen molar-refractivity contribution in [2.75, 3.05) is 60.0 Å². The van der Waals surface area contributed by atoms with Crippen molar-refractivity contribution < 1.29 is 14.0 Å². The van der Waals surface area contributed by atoms with E-state index >= 15 is 0 Å². The third-order valence-electron chi connectivity index (χ3n) is 4.75. The highest BCUT2D eigenvalue weighted by Gasteiger charge is 2.30. The van der Waals surface area contributed by atoms with E-state index < -0.39 is 6.17 Å². The van der Waals surface area contributed by atoms with Gasteiger partial charge in [0, 0.05) is 40.3 Å². The fourth-order valence-electron chi connectivity index (χ4n) is 3.41. The molecule has 2 fully saturated rings. The molecule has 0 aromatic heterocycles. The van der Waals surface area contributed by atoms with E-state index in [1.165, 1.54) is 12.8 Å². The second-order valence-electron chi connectivity index (χ2n) is 6.18. The van der Waals surface area contributed by atoms with Gasteiger partial charge in [-0.1, -0.05) is 13.8 Å². The van der Waals surface area contributed by atoms with Gasteiger partial charge >= 0.3 is 0 Å². The van der Waals surface area contributed by atoms with Crippen LogP contribution in [0.1, 0.15) is 33.1 Å². The molecule has 2 heterocycles. The van der Waals surface area contributed by atoms with Gasteiger partial charge in [-0.3, -0.25) is 4.90 Å². The Morgan fingerprint density at radius 3 is 2.30 bits per heavy atom. The molecule has 0 amide bonds. The summed E-state index contributed by atoms with van der Waals surface area (Å²) in [7, 11) is 3.40. The number of halogens is 1. The van der Waals surface area contributed by atoms with Crippen molar-refractivity contribution in [1.29, 1.82) is 0 Å². The molecule has 0 aliphatic carbocycles. The summed E-state index contributed by atoms with van der Waals surface area (Å²) in [5.74, 6) is 0.706. The first-order chi connectivity index (χ1) is 11.2. The Labute approximate surface area is 141 Å². The third-order valence-corrected chi connectivity index (χ3v) is 4.75. The summed E-state index contributed by atoms with van der Waals surface area (Å²) in [6.45, 7) is 10.5. The van der Waals surface area contributed by atoms with Crippen molar-refractivity contribution in [2.45, 2.75) is 45.4 Å². The van der Waals surface area contributed by atoms with E-state index in [1.807, 2.05) is 13.8 Å². The molecule has 6 heteroatoms. The van der Waals surface area contributed by atoms with E-state index in [9.17, 15) is 4.39 Å². The number of hydrogen-bond donors (Lipinski definition) is 1. The summed E-state index contributed by atoms with van der Waals surface area (Å²) in [5.41, 5.74) is 2.70. The van der Waals surface area contributed by atoms with Crippen LogP contribution in [0.15, 0.2) is 0 Å². The minimum Gasteiger partial charge on any atom is -0.378 e. The molecule has 2 atom stereocenters. The lowest BCUT2D eigenvalue weighted by Crippen LogP contribution is -2.48. The van der Waals surface area contributed by atoms with E-state index in [0.29, 0.717) is 12.5 Å². The van der Waals surface area contributed by atoms with Crippen LogP contribution < -0.4 is 5.48 Å². The van der Waals surface area contributed by atoms with Gasteiger partial charge in [0.05, 0.1) is 12.7 Å². The number of piperidine rings is 2.